The van der Waals surface area contributed by atoms with Crippen LogP contribution in [0.1, 0.15) is 37.3 Å². The van der Waals surface area contributed by atoms with Gasteiger partial charge in [-0.15, -0.1) is 0 Å². The lowest BCUT2D eigenvalue weighted by molar-refractivity contribution is 0.0644. The van der Waals surface area contributed by atoms with Crippen molar-refractivity contribution in [1.82, 2.24) is 0 Å². The van der Waals surface area contributed by atoms with E-state index in [0.29, 0.717) is 5.92 Å². The van der Waals surface area contributed by atoms with Gasteiger partial charge in [0.1, 0.15) is 0 Å². The Hall–Kier alpha value is -1.02. The highest BCUT2D eigenvalue weighted by molar-refractivity contribution is 5.62. The Bertz CT molecular complexity index is 392. The van der Waals surface area contributed by atoms with Crippen LogP contribution < -0.4 is 4.90 Å². The Morgan fingerprint density at radius 1 is 1.44 bits per heavy atom. The second kappa shape index (κ2) is 3.77. The van der Waals surface area contributed by atoms with E-state index in [-0.39, 0.29) is 0 Å². The van der Waals surface area contributed by atoms with Gasteiger partial charge >= 0.3 is 0 Å². The van der Waals surface area contributed by atoms with Crippen LogP contribution in [0.15, 0.2) is 18.2 Å². The molecule has 1 aliphatic rings. The zero-order chi connectivity index (χ0) is 11.9. The Kier molecular flexibility index (Phi) is 2.70. The maximum Gasteiger partial charge on any atom is 0.0598 e. The smallest absolute Gasteiger partial charge is 0.0598 e. The van der Waals surface area contributed by atoms with Crippen LogP contribution >= 0.6 is 0 Å². The minimum absolute atomic E-state index is 0.459. The average Bonchev–Trinajstić information content (AvgIpc) is 2.42. The molecule has 1 heterocycles. The molecule has 2 nitrogen and oxygen atoms in total. The Morgan fingerprint density at radius 3 is 2.75 bits per heavy atom. The lowest BCUT2D eigenvalue weighted by atomic mass is 9.87. The molecule has 0 spiro atoms. The van der Waals surface area contributed by atoms with Crippen LogP contribution in [0.5, 0.6) is 0 Å². The minimum atomic E-state index is -0.588. The highest BCUT2D eigenvalue weighted by Gasteiger charge is 2.31. The molecular weight excluding hydrogens is 198 g/mol. The molecule has 88 valence electrons. The van der Waals surface area contributed by atoms with Crippen molar-refractivity contribution in [3.8, 4) is 0 Å². The van der Waals surface area contributed by atoms with Crippen LogP contribution in [0.2, 0.25) is 0 Å². The van der Waals surface area contributed by atoms with Crippen molar-refractivity contribution >= 4 is 5.69 Å². The normalized spacial score (nSPS) is 20.1. The molecule has 1 unspecified atom stereocenters. The van der Waals surface area contributed by atoms with Crippen molar-refractivity contribution in [3.63, 3.8) is 0 Å². The molecule has 2 rings (SSSR count). The largest absolute Gasteiger partial charge is 0.390 e. The maximum atomic E-state index is 9.96. The van der Waals surface area contributed by atoms with Gasteiger partial charge in [-0.2, -0.15) is 0 Å². The third-order valence-electron chi connectivity index (χ3n) is 3.36. The summed E-state index contributed by atoms with van der Waals surface area (Å²) in [4.78, 5) is 2.29. The summed E-state index contributed by atoms with van der Waals surface area (Å²) < 4.78 is 0. The molecule has 0 amide bonds. The van der Waals surface area contributed by atoms with Crippen molar-refractivity contribution in [2.45, 2.75) is 38.7 Å². The quantitative estimate of drug-likeness (QED) is 0.826. The first-order chi connectivity index (χ1) is 7.38. The number of benzene rings is 1. The molecule has 1 atom stereocenters. The van der Waals surface area contributed by atoms with E-state index in [4.69, 9.17) is 0 Å². The van der Waals surface area contributed by atoms with Crippen LogP contribution in [-0.2, 0) is 0 Å². The number of nitrogens with zero attached hydrogens (tertiary/aromatic N) is 1. The highest BCUT2D eigenvalue weighted by atomic mass is 16.3. The first kappa shape index (κ1) is 11.5. The van der Waals surface area contributed by atoms with E-state index in [0.717, 1.165) is 13.0 Å². The number of likely N-dealkylation sites (N-methyl/N-ethyl adjacent to an activating group) is 1. The van der Waals surface area contributed by atoms with Crippen LogP contribution in [0.4, 0.5) is 5.69 Å². The van der Waals surface area contributed by atoms with Gasteiger partial charge in [0.25, 0.3) is 0 Å². The molecular formula is C14H21NO. The molecule has 0 saturated heterocycles. The molecule has 16 heavy (non-hydrogen) atoms. The van der Waals surface area contributed by atoms with Gasteiger partial charge in [-0.05, 0) is 44.4 Å². The van der Waals surface area contributed by atoms with E-state index in [2.05, 4.69) is 37.1 Å². The van der Waals surface area contributed by atoms with Gasteiger partial charge in [-0.1, -0.05) is 12.1 Å². The van der Waals surface area contributed by atoms with Gasteiger partial charge < -0.3 is 10.0 Å². The highest BCUT2D eigenvalue weighted by Crippen LogP contribution is 2.41. The molecule has 0 aliphatic carbocycles. The summed E-state index contributed by atoms with van der Waals surface area (Å²) in [6.45, 7) is 6.96. The molecule has 1 N–H and O–H groups in total. The SMILES string of the molecule is Cc1cccc2c1C(CC(C)(C)O)CN2C. The van der Waals surface area contributed by atoms with Gasteiger partial charge in [0.2, 0.25) is 0 Å². The van der Waals surface area contributed by atoms with Crippen molar-refractivity contribution in [1.29, 1.82) is 0 Å². The average molecular weight is 219 g/mol. The van der Waals surface area contributed by atoms with Crippen LogP contribution in [-0.4, -0.2) is 24.3 Å². The molecule has 1 aliphatic heterocycles. The first-order valence-corrected chi connectivity index (χ1v) is 5.91. The van der Waals surface area contributed by atoms with E-state index in [1.807, 2.05) is 13.8 Å². The third-order valence-corrected chi connectivity index (χ3v) is 3.36. The predicted octanol–water partition coefficient (Wildman–Crippen LogP) is 2.69. The number of anilines is 1. The molecule has 1 aromatic carbocycles. The fourth-order valence-electron chi connectivity index (χ4n) is 2.82. The molecule has 0 fully saturated rings. The summed E-state index contributed by atoms with van der Waals surface area (Å²) in [5.74, 6) is 0.459. The summed E-state index contributed by atoms with van der Waals surface area (Å²) in [6.07, 6.45) is 0.829. The van der Waals surface area contributed by atoms with Gasteiger partial charge in [0.15, 0.2) is 0 Å². The molecule has 1 aromatic rings. The Morgan fingerprint density at radius 2 is 2.12 bits per heavy atom. The van der Waals surface area contributed by atoms with Gasteiger partial charge in [0, 0.05) is 25.2 Å². The van der Waals surface area contributed by atoms with E-state index < -0.39 is 5.60 Å². The lowest BCUT2D eigenvalue weighted by Gasteiger charge is -2.22. The molecule has 0 saturated carbocycles. The van der Waals surface area contributed by atoms with E-state index in [1.54, 1.807) is 0 Å². The summed E-state index contributed by atoms with van der Waals surface area (Å²) in [5, 5.41) is 9.96. The lowest BCUT2D eigenvalue weighted by Crippen LogP contribution is -2.25. The van der Waals surface area contributed by atoms with Crippen molar-refractivity contribution < 1.29 is 5.11 Å². The topological polar surface area (TPSA) is 23.5 Å². The van der Waals surface area contributed by atoms with Crippen molar-refractivity contribution in [2.24, 2.45) is 0 Å². The second-order valence-corrected chi connectivity index (χ2v) is 5.60. The first-order valence-electron chi connectivity index (χ1n) is 5.91. The minimum Gasteiger partial charge on any atom is -0.390 e. The predicted molar refractivity (Wildman–Crippen MR) is 68.1 cm³/mol. The second-order valence-electron chi connectivity index (χ2n) is 5.60. The van der Waals surface area contributed by atoms with Crippen molar-refractivity contribution in [2.75, 3.05) is 18.5 Å². The van der Waals surface area contributed by atoms with Gasteiger partial charge in [0.05, 0.1) is 5.60 Å². The molecule has 0 radical (unpaired) electrons. The zero-order valence-corrected chi connectivity index (χ0v) is 10.6. The van der Waals surface area contributed by atoms with Crippen LogP contribution in [0, 0.1) is 6.92 Å². The molecule has 0 bridgehead atoms. The fourth-order valence-corrected chi connectivity index (χ4v) is 2.82. The Labute approximate surface area is 97.9 Å². The summed E-state index contributed by atoms with van der Waals surface area (Å²) in [6, 6.07) is 6.44. The van der Waals surface area contributed by atoms with Crippen molar-refractivity contribution in [3.05, 3.63) is 29.3 Å². The Balaban J connectivity index is 2.35. The number of fused-ring (bicyclic) bond motifs is 1. The monoisotopic (exact) mass is 219 g/mol. The zero-order valence-electron chi connectivity index (χ0n) is 10.6. The maximum absolute atomic E-state index is 9.96. The standard InChI is InChI=1S/C14H21NO/c1-10-6-5-7-12-13(10)11(9-15(12)4)8-14(2,3)16/h5-7,11,16H,8-9H2,1-4H3. The van der Waals surface area contributed by atoms with Gasteiger partial charge in [-0.3, -0.25) is 0 Å². The number of aryl methyl sites for hydroxylation is 1. The van der Waals surface area contributed by atoms with Gasteiger partial charge in [-0.25, -0.2) is 0 Å². The summed E-state index contributed by atoms with van der Waals surface area (Å²) >= 11 is 0. The number of rotatable bonds is 2. The van der Waals surface area contributed by atoms with Crippen LogP contribution in [0.25, 0.3) is 0 Å². The van der Waals surface area contributed by atoms with E-state index >= 15 is 0 Å². The fraction of sp³-hybridized carbons (Fsp3) is 0.571. The summed E-state index contributed by atoms with van der Waals surface area (Å²) in [5.41, 5.74) is 3.51. The third kappa shape index (κ3) is 2.07. The van der Waals surface area contributed by atoms with Crippen LogP contribution in [0.3, 0.4) is 0 Å². The summed E-state index contributed by atoms with van der Waals surface area (Å²) in [7, 11) is 2.13. The molecule has 2 heteroatoms. The number of hydrogen-bond acceptors (Lipinski definition) is 2. The van der Waals surface area contributed by atoms with E-state index in [9.17, 15) is 5.11 Å². The molecule has 0 aromatic heterocycles. The van der Waals surface area contributed by atoms with E-state index in [1.165, 1.54) is 16.8 Å². The number of hydrogen-bond donors (Lipinski definition) is 1. The number of aliphatic hydroxyl groups is 1.